The molecule has 2 rings (SSSR count). The fourth-order valence-corrected chi connectivity index (χ4v) is 2.11. The number of ketones is 1. The average molecular weight is 306 g/mol. The lowest BCUT2D eigenvalue weighted by Gasteiger charge is -1.99. The highest BCUT2D eigenvalue weighted by molar-refractivity contribution is 7.85. The van der Waals surface area contributed by atoms with Crippen molar-refractivity contribution in [3.63, 3.8) is 0 Å². The summed E-state index contributed by atoms with van der Waals surface area (Å²) in [5, 5.41) is 0. The van der Waals surface area contributed by atoms with Gasteiger partial charge >= 0.3 is 0 Å². The van der Waals surface area contributed by atoms with Crippen molar-refractivity contribution < 1.29 is 22.2 Å². The summed E-state index contributed by atoms with van der Waals surface area (Å²) in [5.41, 5.74) is 0.945. The molecule has 1 N–H and O–H groups in total. The molecule has 4 nitrogen and oxygen atoms in total. The number of carbonyl (C=O) groups excluding carboxylic acids is 1. The summed E-state index contributed by atoms with van der Waals surface area (Å²) in [6, 6.07) is 10.5. The Morgan fingerprint density at radius 1 is 1.00 bits per heavy atom. The van der Waals surface area contributed by atoms with E-state index < -0.39 is 10.1 Å². The molecule has 2 aromatic carbocycles. The van der Waals surface area contributed by atoms with Crippen molar-refractivity contribution in [3.8, 4) is 0 Å². The first-order chi connectivity index (χ1) is 9.86. The van der Waals surface area contributed by atoms with Crippen LogP contribution in [0.1, 0.15) is 15.9 Å². The third-order valence-electron chi connectivity index (χ3n) is 2.73. The predicted octanol–water partition coefficient (Wildman–Crippen LogP) is 2.97. The lowest BCUT2D eigenvalue weighted by molar-refractivity contribution is 0.104. The summed E-state index contributed by atoms with van der Waals surface area (Å²) < 4.78 is 43.3. The van der Waals surface area contributed by atoms with E-state index in [-0.39, 0.29) is 22.1 Å². The van der Waals surface area contributed by atoms with Crippen LogP contribution in [-0.4, -0.2) is 18.8 Å². The number of benzene rings is 2. The van der Waals surface area contributed by atoms with Gasteiger partial charge < -0.3 is 0 Å². The third kappa shape index (κ3) is 4.08. The van der Waals surface area contributed by atoms with Crippen molar-refractivity contribution in [3.05, 3.63) is 71.6 Å². The number of allylic oxidation sites excluding steroid dienone is 1. The molecule has 0 spiro atoms. The first kappa shape index (κ1) is 15.1. The van der Waals surface area contributed by atoms with Gasteiger partial charge in [0.25, 0.3) is 10.1 Å². The van der Waals surface area contributed by atoms with Crippen LogP contribution in [0.2, 0.25) is 0 Å². The van der Waals surface area contributed by atoms with Crippen molar-refractivity contribution in [2.24, 2.45) is 0 Å². The molecule has 21 heavy (non-hydrogen) atoms. The molecule has 0 aliphatic heterocycles. The van der Waals surface area contributed by atoms with Gasteiger partial charge in [0.05, 0.1) is 4.90 Å². The van der Waals surface area contributed by atoms with Crippen molar-refractivity contribution in [1.29, 1.82) is 0 Å². The van der Waals surface area contributed by atoms with Crippen LogP contribution in [-0.2, 0) is 10.1 Å². The standard InChI is InChI=1S/C15H11FO4S/c16-13-6-1-11(2-7-13)3-10-15(17)12-4-8-14(9-5-12)21(18,19)20/h1-10H,(H,18,19,20)/b10-3+. The molecular formula is C15H11FO4S. The van der Waals surface area contributed by atoms with E-state index in [0.717, 1.165) is 12.1 Å². The first-order valence-electron chi connectivity index (χ1n) is 5.92. The molecule has 6 heteroatoms. The van der Waals surface area contributed by atoms with Crippen LogP contribution in [0.25, 0.3) is 6.08 Å². The van der Waals surface area contributed by atoms with Crippen molar-refractivity contribution in [1.82, 2.24) is 0 Å². The van der Waals surface area contributed by atoms with Crippen LogP contribution >= 0.6 is 0 Å². The largest absolute Gasteiger partial charge is 0.294 e. The van der Waals surface area contributed by atoms with Gasteiger partial charge in [-0.05, 0) is 48.0 Å². The molecule has 0 bridgehead atoms. The Balaban J connectivity index is 2.15. The highest BCUT2D eigenvalue weighted by Gasteiger charge is 2.10. The Hall–Kier alpha value is -2.31. The van der Waals surface area contributed by atoms with Crippen LogP contribution in [0.3, 0.4) is 0 Å². The zero-order valence-electron chi connectivity index (χ0n) is 10.7. The molecule has 2 aromatic rings. The van der Waals surface area contributed by atoms with Crippen molar-refractivity contribution in [2.75, 3.05) is 0 Å². The van der Waals surface area contributed by atoms with E-state index in [1.165, 1.54) is 48.6 Å². The van der Waals surface area contributed by atoms with Gasteiger partial charge in [0, 0.05) is 5.56 Å². The van der Waals surface area contributed by atoms with Gasteiger partial charge in [-0.3, -0.25) is 9.35 Å². The highest BCUT2D eigenvalue weighted by atomic mass is 32.2. The fraction of sp³-hybridized carbons (Fsp3) is 0. The SMILES string of the molecule is O=C(/C=C/c1ccc(F)cc1)c1ccc(S(=O)(=O)O)cc1. The number of hydrogen-bond donors (Lipinski definition) is 1. The molecule has 0 heterocycles. The Morgan fingerprint density at radius 3 is 2.10 bits per heavy atom. The Bertz CT molecular complexity index is 775. The van der Waals surface area contributed by atoms with E-state index in [1.54, 1.807) is 0 Å². The predicted molar refractivity (Wildman–Crippen MR) is 76.0 cm³/mol. The zero-order chi connectivity index (χ0) is 15.5. The topological polar surface area (TPSA) is 71.4 Å². The lowest BCUT2D eigenvalue weighted by Crippen LogP contribution is -1.99. The first-order valence-corrected chi connectivity index (χ1v) is 7.36. The molecule has 0 amide bonds. The highest BCUT2D eigenvalue weighted by Crippen LogP contribution is 2.12. The maximum absolute atomic E-state index is 12.7. The second-order valence-corrected chi connectivity index (χ2v) is 5.67. The van der Waals surface area contributed by atoms with Gasteiger partial charge in [0.1, 0.15) is 5.82 Å². The van der Waals surface area contributed by atoms with E-state index in [1.807, 2.05) is 0 Å². The molecule has 0 aromatic heterocycles. The molecule has 0 radical (unpaired) electrons. The van der Waals surface area contributed by atoms with Crippen molar-refractivity contribution >= 4 is 22.0 Å². The maximum Gasteiger partial charge on any atom is 0.294 e. The normalized spacial score (nSPS) is 11.7. The number of halogens is 1. The third-order valence-corrected chi connectivity index (χ3v) is 3.60. The summed E-state index contributed by atoms with van der Waals surface area (Å²) in [7, 11) is -4.27. The molecule has 0 saturated carbocycles. The van der Waals surface area contributed by atoms with Gasteiger partial charge in [-0.15, -0.1) is 0 Å². The van der Waals surface area contributed by atoms with Crippen LogP contribution < -0.4 is 0 Å². The monoisotopic (exact) mass is 306 g/mol. The van der Waals surface area contributed by atoms with Crippen LogP contribution in [0.15, 0.2) is 59.5 Å². The van der Waals surface area contributed by atoms with E-state index in [9.17, 15) is 17.6 Å². The summed E-state index contributed by atoms with van der Waals surface area (Å²) in [4.78, 5) is 11.6. The van der Waals surface area contributed by atoms with Gasteiger partial charge in [-0.1, -0.05) is 18.2 Å². The van der Waals surface area contributed by atoms with Crippen LogP contribution in [0.5, 0.6) is 0 Å². The minimum atomic E-state index is -4.27. The minimum absolute atomic E-state index is 0.276. The van der Waals surface area contributed by atoms with Crippen molar-refractivity contribution in [2.45, 2.75) is 4.90 Å². The van der Waals surface area contributed by atoms with Gasteiger partial charge in [0.2, 0.25) is 0 Å². The molecule has 0 fully saturated rings. The number of carbonyl (C=O) groups is 1. The molecule has 0 atom stereocenters. The summed E-state index contributed by atoms with van der Waals surface area (Å²) in [6.45, 7) is 0. The van der Waals surface area contributed by atoms with Gasteiger partial charge in [-0.25, -0.2) is 4.39 Å². The molecule has 0 saturated heterocycles. The second-order valence-electron chi connectivity index (χ2n) is 4.25. The average Bonchev–Trinajstić information content (AvgIpc) is 2.45. The number of rotatable bonds is 4. The molecule has 0 aliphatic carbocycles. The van der Waals surface area contributed by atoms with E-state index in [4.69, 9.17) is 4.55 Å². The van der Waals surface area contributed by atoms with Gasteiger partial charge in [0.15, 0.2) is 5.78 Å². The molecule has 0 aliphatic rings. The van der Waals surface area contributed by atoms with Crippen LogP contribution in [0, 0.1) is 5.82 Å². The fourth-order valence-electron chi connectivity index (χ4n) is 1.63. The second kappa shape index (κ2) is 5.99. The van der Waals surface area contributed by atoms with E-state index in [0.29, 0.717) is 5.56 Å². The summed E-state index contributed by atoms with van der Waals surface area (Å²) in [6.07, 6.45) is 2.83. The zero-order valence-corrected chi connectivity index (χ0v) is 11.5. The van der Waals surface area contributed by atoms with Crippen LogP contribution in [0.4, 0.5) is 4.39 Å². The summed E-state index contributed by atoms with van der Waals surface area (Å²) >= 11 is 0. The quantitative estimate of drug-likeness (QED) is 0.535. The Morgan fingerprint density at radius 2 is 1.57 bits per heavy atom. The molecule has 108 valence electrons. The van der Waals surface area contributed by atoms with Gasteiger partial charge in [-0.2, -0.15) is 8.42 Å². The number of hydrogen-bond acceptors (Lipinski definition) is 3. The molecular weight excluding hydrogens is 295 g/mol. The minimum Gasteiger partial charge on any atom is -0.289 e. The maximum atomic E-state index is 12.7. The lowest BCUT2D eigenvalue weighted by atomic mass is 10.1. The smallest absolute Gasteiger partial charge is 0.289 e. The summed E-state index contributed by atoms with van der Waals surface area (Å²) in [5.74, 6) is -0.694. The molecule has 0 unspecified atom stereocenters. The van der Waals surface area contributed by atoms with E-state index >= 15 is 0 Å². The Labute approximate surface area is 121 Å². The Kier molecular flexibility index (Phi) is 4.30. The van der Waals surface area contributed by atoms with E-state index in [2.05, 4.69) is 0 Å².